The van der Waals surface area contributed by atoms with Crippen LogP contribution in [0.25, 0.3) is 0 Å². The Morgan fingerprint density at radius 2 is 1.83 bits per heavy atom. The maximum atomic E-state index is 3.54. The summed E-state index contributed by atoms with van der Waals surface area (Å²) < 4.78 is 0. The Labute approximate surface area is 112 Å². The molecule has 1 nitrogen and oxygen atoms in total. The summed E-state index contributed by atoms with van der Waals surface area (Å²) in [7, 11) is 2.14. The molecule has 0 saturated heterocycles. The first kappa shape index (κ1) is 13.6. The van der Waals surface area contributed by atoms with Gasteiger partial charge in [-0.2, -0.15) is 0 Å². The lowest BCUT2D eigenvalue weighted by atomic mass is 9.89. The Morgan fingerprint density at radius 3 is 2.61 bits per heavy atom. The second kappa shape index (κ2) is 7.58. The second-order valence-corrected chi connectivity index (χ2v) is 5.67. The molecule has 1 N–H and O–H groups in total. The summed E-state index contributed by atoms with van der Waals surface area (Å²) in [6.07, 6.45) is 11.1. The van der Waals surface area contributed by atoms with E-state index in [9.17, 15) is 0 Å². The van der Waals surface area contributed by atoms with Crippen molar-refractivity contribution in [1.82, 2.24) is 5.32 Å². The first-order valence-electron chi connectivity index (χ1n) is 7.61. The van der Waals surface area contributed by atoms with Crippen LogP contribution in [0, 0.1) is 5.92 Å². The smallest absolute Gasteiger partial charge is 0.00923 e. The molecule has 0 aromatic heterocycles. The molecule has 1 heteroatoms. The fourth-order valence-corrected chi connectivity index (χ4v) is 3.32. The van der Waals surface area contributed by atoms with Crippen LogP contribution < -0.4 is 5.32 Å². The molecule has 1 aromatic carbocycles. The van der Waals surface area contributed by atoms with Crippen molar-refractivity contribution in [3.63, 3.8) is 0 Å². The van der Waals surface area contributed by atoms with Gasteiger partial charge in [0.1, 0.15) is 0 Å². The van der Waals surface area contributed by atoms with Crippen molar-refractivity contribution in [1.29, 1.82) is 0 Å². The van der Waals surface area contributed by atoms with Gasteiger partial charge in [-0.15, -0.1) is 0 Å². The van der Waals surface area contributed by atoms with Crippen LogP contribution in [-0.4, -0.2) is 13.1 Å². The first-order valence-corrected chi connectivity index (χ1v) is 7.61. The van der Waals surface area contributed by atoms with E-state index in [0.29, 0.717) is 0 Å². The average molecular weight is 245 g/mol. The summed E-state index contributed by atoms with van der Waals surface area (Å²) in [6, 6.07) is 11.7. The van der Waals surface area contributed by atoms with Crippen molar-refractivity contribution in [3.05, 3.63) is 35.9 Å². The van der Waals surface area contributed by atoms with Crippen molar-refractivity contribution in [2.75, 3.05) is 7.05 Å². The van der Waals surface area contributed by atoms with Crippen LogP contribution >= 0.6 is 0 Å². The van der Waals surface area contributed by atoms with Gasteiger partial charge in [-0.3, -0.25) is 0 Å². The highest BCUT2D eigenvalue weighted by Crippen LogP contribution is 2.27. The van der Waals surface area contributed by atoms with Gasteiger partial charge in [0.15, 0.2) is 0 Å². The summed E-state index contributed by atoms with van der Waals surface area (Å²) in [5.74, 6) is 0.904. The summed E-state index contributed by atoms with van der Waals surface area (Å²) in [5.41, 5.74) is 1.49. The molecule has 1 fully saturated rings. The Balaban J connectivity index is 1.77. The van der Waals surface area contributed by atoms with Gasteiger partial charge >= 0.3 is 0 Å². The lowest BCUT2D eigenvalue weighted by Crippen LogP contribution is -2.32. The number of hydrogen-bond acceptors (Lipinski definition) is 1. The molecule has 2 rings (SSSR count). The Morgan fingerprint density at radius 1 is 1.06 bits per heavy atom. The molecule has 1 aliphatic carbocycles. The highest BCUT2D eigenvalue weighted by molar-refractivity contribution is 5.14. The van der Waals surface area contributed by atoms with E-state index in [1.807, 2.05) is 0 Å². The molecule has 0 bridgehead atoms. The number of nitrogens with one attached hydrogen (secondary N) is 1. The van der Waals surface area contributed by atoms with E-state index in [2.05, 4.69) is 42.7 Å². The number of hydrogen-bond donors (Lipinski definition) is 1. The zero-order valence-corrected chi connectivity index (χ0v) is 11.7. The maximum absolute atomic E-state index is 3.54. The Bertz CT molecular complexity index is 320. The van der Waals surface area contributed by atoms with Gasteiger partial charge in [-0.05, 0) is 50.6 Å². The Kier molecular flexibility index (Phi) is 5.73. The molecule has 1 aliphatic rings. The van der Waals surface area contributed by atoms with Gasteiger partial charge in [0, 0.05) is 6.04 Å². The summed E-state index contributed by atoms with van der Waals surface area (Å²) in [4.78, 5) is 0. The molecular formula is C17H27N. The largest absolute Gasteiger partial charge is 0.317 e. The average Bonchev–Trinajstić information content (AvgIpc) is 2.65. The van der Waals surface area contributed by atoms with Crippen LogP contribution in [0.4, 0.5) is 0 Å². The van der Waals surface area contributed by atoms with Crippen LogP contribution in [0.2, 0.25) is 0 Å². The highest BCUT2D eigenvalue weighted by Gasteiger charge is 2.21. The van der Waals surface area contributed by atoms with E-state index in [1.165, 1.54) is 56.9 Å². The van der Waals surface area contributed by atoms with Gasteiger partial charge in [-0.1, -0.05) is 49.6 Å². The van der Waals surface area contributed by atoms with Gasteiger partial charge in [-0.25, -0.2) is 0 Å². The van der Waals surface area contributed by atoms with Crippen molar-refractivity contribution in [2.24, 2.45) is 5.92 Å². The minimum absolute atomic E-state index is 0.767. The van der Waals surface area contributed by atoms with Gasteiger partial charge in [0.25, 0.3) is 0 Å². The summed E-state index contributed by atoms with van der Waals surface area (Å²) in [6.45, 7) is 0. The van der Waals surface area contributed by atoms with Crippen LogP contribution in [0.3, 0.4) is 0 Å². The SMILES string of the molecule is CNC1CCCCCC1CCCc1ccccc1. The predicted molar refractivity (Wildman–Crippen MR) is 78.8 cm³/mol. The van der Waals surface area contributed by atoms with Gasteiger partial charge < -0.3 is 5.32 Å². The molecule has 1 aromatic rings. The Hall–Kier alpha value is -0.820. The van der Waals surface area contributed by atoms with Crippen LogP contribution in [-0.2, 0) is 6.42 Å². The molecule has 0 radical (unpaired) electrons. The van der Waals surface area contributed by atoms with Gasteiger partial charge in [0.2, 0.25) is 0 Å². The second-order valence-electron chi connectivity index (χ2n) is 5.67. The number of benzene rings is 1. The lowest BCUT2D eigenvalue weighted by Gasteiger charge is -2.24. The molecule has 2 unspecified atom stereocenters. The predicted octanol–water partition coefficient (Wildman–Crippen LogP) is 4.18. The number of rotatable bonds is 5. The van der Waals surface area contributed by atoms with E-state index in [4.69, 9.17) is 0 Å². The zero-order chi connectivity index (χ0) is 12.6. The van der Waals surface area contributed by atoms with Crippen molar-refractivity contribution < 1.29 is 0 Å². The topological polar surface area (TPSA) is 12.0 Å². The molecule has 0 aliphatic heterocycles. The van der Waals surface area contributed by atoms with Crippen LogP contribution in [0.5, 0.6) is 0 Å². The van der Waals surface area contributed by atoms with Crippen molar-refractivity contribution in [2.45, 2.75) is 57.4 Å². The highest BCUT2D eigenvalue weighted by atomic mass is 14.9. The zero-order valence-electron chi connectivity index (χ0n) is 11.7. The van der Waals surface area contributed by atoms with Crippen molar-refractivity contribution >= 4 is 0 Å². The van der Waals surface area contributed by atoms with Crippen LogP contribution in [0.1, 0.15) is 50.5 Å². The fraction of sp³-hybridized carbons (Fsp3) is 0.647. The monoisotopic (exact) mass is 245 g/mol. The third-order valence-electron chi connectivity index (χ3n) is 4.41. The van der Waals surface area contributed by atoms with Crippen molar-refractivity contribution in [3.8, 4) is 0 Å². The molecule has 18 heavy (non-hydrogen) atoms. The standard InChI is InChI=1S/C17H27N/c1-18-17-14-7-3-6-12-16(17)13-8-11-15-9-4-2-5-10-15/h2,4-5,9-10,16-18H,3,6-8,11-14H2,1H3. The molecule has 0 spiro atoms. The minimum Gasteiger partial charge on any atom is -0.317 e. The molecule has 2 atom stereocenters. The van der Waals surface area contributed by atoms with E-state index >= 15 is 0 Å². The third kappa shape index (κ3) is 4.13. The van der Waals surface area contributed by atoms with E-state index in [0.717, 1.165) is 12.0 Å². The third-order valence-corrected chi connectivity index (χ3v) is 4.41. The lowest BCUT2D eigenvalue weighted by molar-refractivity contribution is 0.326. The molecule has 0 heterocycles. The van der Waals surface area contributed by atoms with Gasteiger partial charge in [0.05, 0.1) is 0 Å². The van der Waals surface area contributed by atoms with E-state index in [1.54, 1.807) is 0 Å². The summed E-state index contributed by atoms with van der Waals surface area (Å²) in [5, 5.41) is 3.54. The maximum Gasteiger partial charge on any atom is 0.00923 e. The molecule has 1 saturated carbocycles. The fourth-order valence-electron chi connectivity index (χ4n) is 3.32. The van der Waals surface area contributed by atoms with E-state index in [-0.39, 0.29) is 0 Å². The summed E-state index contributed by atoms with van der Waals surface area (Å²) >= 11 is 0. The number of aryl methyl sites for hydroxylation is 1. The normalized spacial score (nSPS) is 24.7. The molecule has 0 amide bonds. The molecular weight excluding hydrogens is 218 g/mol. The molecule has 100 valence electrons. The van der Waals surface area contributed by atoms with Crippen LogP contribution in [0.15, 0.2) is 30.3 Å². The minimum atomic E-state index is 0.767. The quantitative estimate of drug-likeness (QED) is 0.767. The first-order chi connectivity index (χ1) is 8.90. The van der Waals surface area contributed by atoms with E-state index < -0.39 is 0 Å².